The Morgan fingerprint density at radius 1 is 0.409 bits per heavy atom. The number of rotatable bonds is 24. The van der Waals surface area contributed by atoms with Crippen molar-refractivity contribution in [2.45, 2.75) is 29.4 Å². The van der Waals surface area contributed by atoms with E-state index in [4.69, 9.17) is 23.2 Å². The van der Waals surface area contributed by atoms with Crippen LogP contribution in [0.2, 0.25) is 10.6 Å². The molecule has 0 aliphatic rings. The number of benzene rings is 10. The molecule has 12 aromatic rings. The van der Waals surface area contributed by atoms with E-state index < -0.39 is 180 Å². The number of anilines is 4. The zero-order chi connectivity index (χ0) is 87.5. The minimum Gasteiger partial charge on any atom is -0.871 e. The SMILES string of the molecule is O=C([O-])c1ccccc1N=Nc1c(S(=O)(=O)O)cc2cc(Nc3nc(Cl)[nH]c(=Nc4ccc(/C=C/c5ccc([N+](=O)[O-])cc5S(=O)(=O)[O-])cc4S(=O)(=O)[O-])n3)ccc2c1[O-].O=C([O-])c1ccccc1N=Nc1c(S(=O)(=O)[O-])cc2cc(Nc3nc(Cl)[nH]c(=Nc4ccc(/C=C/c5ccc([N+](=O)[O-])cc5S(=O)(=O)[O-])cc4S(=O)(=O)[O-])n3)ccc2c1[O-].[Cr+3].[Na+].[Na+].[Na+].[Na+].[Na+].[Na+]. The van der Waals surface area contributed by atoms with Crippen LogP contribution in [0.3, 0.4) is 0 Å². The number of aromatic carboxylic acids is 2. The number of carbonyl (C=O) groups excluding carboxylic acids is 2. The molecule has 0 aliphatic heterocycles. The second-order valence-corrected chi connectivity index (χ2v) is 32.7. The Hall–Kier alpha value is -7.47. The number of aromatic nitrogens is 6. The number of hydrogen-bond donors (Lipinski definition) is 5. The number of hydrogen-bond acceptors (Lipinski definition) is 39. The molecule has 5 N–H and O–H groups in total. The molecule has 0 unspecified atom stereocenters. The Balaban J connectivity index is 0.000000504. The van der Waals surface area contributed by atoms with Gasteiger partial charge in [-0.25, -0.2) is 52.1 Å². The van der Waals surface area contributed by atoms with Crippen LogP contribution in [0, 0.1) is 20.2 Å². The van der Waals surface area contributed by atoms with Crippen LogP contribution in [0.5, 0.6) is 11.5 Å². The summed E-state index contributed by atoms with van der Waals surface area (Å²) in [5, 5.41) is 90.8. The van der Waals surface area contributed by atoms with E-state index in [9.17, 15) is 128 Å². The number of carbonyl (C=O) groups is 2. The molecule has 0 amide bonds. The van der Waals surface area contributed by atoms with Crippen LogP contribution in [0.15, 0.2) is 230 Å². The molecule has 619 valence electrons. The molecule has 0 saturated heterocycles. The maximum Gasteiger partial charge on any atom is 3.00 e. The van der Waals surface area contributed by atoms with Crippen molar-refractivity contribution >= 4 is 210 Å². The molecule has 0 fully saturated rings. The normalized spacial score (nSPS) is 12.0. The number of fused-ring (bicyclic) bond motifs is 2. The van der Waals surface area contributed by atoms with E-state index in [2.05, 4.69) is 71.0 Å². The zero-order valence-corrected chi connectivity index (χ0v) is 84.6. The van der Waals surface area contributed by atoms with Gasteiger partial charge < -0.3 is 63.4 Å². The number of non-ortho nitro benzene ring substituents is 2. The van der Waals surface area contributed by atoms with Gasteiger partial charge in [0.05, 0.1) is 80.4 Å². The van der Waals surface area contributed by atoms with Crippen LogP contribution in [-0.4, -0.2) is 130 Å². The quantitative estimate of drug-likeness (QED) is 0.00936. The predicted molar refractivity (Wildman–Crippen MR) is 403 cm³/mol. The van der Waals surface area contributed by atoms with Gasteiger partial charge in [0.15, 0.2) is 0 Å². The summed E-state index contributed by atoms with van der Waals surface area (Å²) in [6, 6.07) is 30.9. The molecule has 1 radical (unpaired) electrons. The second kappa shape index (κ2) is 46.1. The van der Waals surface area contributed by atoms with Crippen molar-refractivity contribution in [1.82, 2.24) is 29.9 Å². The molecule has 0 atom stereocenters. The Labute approximate surface area is 868 Å². The first-order valence-electron chi connectivity index (χ1n) is 32.1. The summed E-state index contributed by atoms with van der Waals surface area (Å²) < 4.78 is 216. The Kier molecular flexibility index (Phi) is 40.6. The van der Waals surface area contributed by atoms with Gasteiger partial charge in [-0.05, 0) is 152 Å². The van der Waals surface area contributed by atoms with Crippen molar-refractivity contribution in [2.24, 2.45) is 30.4 Å². The molecule has 10 aromatic carbocycles. The average Bonchev–Trinajstić information content (AvgIpc) is 0.762. The van der Waals surface area contributed by atoms with E-state index in [0.29, 0.717) is 12.1 Å². The molecule has 127 heavy (non-hydrogen) atoms. The number of nitro groups is 2. The molecule has 0 aliphatic carbocycles. The third-order valence-corrected chi connectivity index (χ3v) is 21.6. The van der Waals surface area contributed by atoms with Crippen LogP contribution in [-0.2, 0) is 78.1 Å². The van der Waals surface area contributed by atoms with Crippen LogP contribution >= 0.6 is 23.2 Å². The molecule has 0 saturated carbocycles. The number of carboxylic acids is 2. The topological polar surface area (TPSA) is 734 Å². The Morgan fingerprint density at radius 3 is 1.09 bits per heavy atom. The van der Waals surface area contributed by atoms with Crippen molar-refractivity contribution in [3.63, 3.8) is 0 Å². The second-order valence-electron chi connectivity index (χ2n) is 23.9. The van der Waals surface area contributed by atoms with Gasteiger partial charge in [0.2, 0.25) is 33.7 Å². The van der Waals surface area contributed by atoms with Crippen LogP contribution in [0.25, 0.3) is 45.8 Å². The average molecular weight is 1980 g/mol. The first-order chi connectivity index (χ1) is 56.2. The maximum atomic E-state index is 13.4. The standard InChI is InChI=1S/2C34H23ClN8O14S3.Cr.6Na/c2*35-32-38-33(36-20-9-11-22-19(14-20)15-28(60(55,56)57)29(30(22)44)42-41-24-4-2-1-3-23(24)31(45)46)40-34(39-32)37-25-12-6-17(13-27(25)59(52,53)54)5-7-18-8-10-21(43(47)48)16-26(18)58(49,50)51;;;;;;;/h2*1-16,44H,(H,45,46)(H,49,50,51)(H,52,53,54)(H,55,56,57)(H2,36,37,38,39,40);;;;;;;/q;;+3;6*+1/p-9/b2*7-5+,42-41?;;;;;;;. The summed E-state index contributed by atoms with van der Waals surface area (Å²) in [6.07, 6.45) is 4.36. The number of H-pyrrole nitrogens is 2. The summed E-state index contributed by atoms with van der Waals surface area (Å²) in [4.78, 5) is 66.6. The fourth-order valence-corrected chi connectivity index (χ4v) is 15.0. The van der Waals surface area contributed by atoms with E-state index in [-0.39, 0.29) is 284 Å². The van der Waals surface area contributed by atoms with Gasteiger partial charge >= 0.3 is 195 Å². The van der Waals surface area contributed by atoms with Gasteiger partial charge in [-0.1, -0.05) is 96.5 Å². The van der Waals surface area contributed by atoms with Crippen molar-refractivity contribution in [3.8, 4) is 11.5 Å². The van der Waals surface area contributed by atoms with E-state index in [0.717, 1.165) is 97.1 Å². The first kappa shape index (κ1) is 112. The minimum atomic E-state index is -5.37. The summed E-state index contributed by atoms with van der Waals surface area (Å²) >= 11 is 12.2. The van der Waals surface area contributed by atoms with Gasteiger partial charge in [0, 0.05) is 46.8 Å². The Bertz CT molecular complexity index is 7010. The fourth-order valence-electron chi connectivity index (χ4n) is 10.7. The number of aromatic amines is 2. The number of nitro benzene ring substituents is 2. The van der Waals surface area contributed by atoms with Crippen molar-refractivity contribution in [3.05, 3.63) is 245 Å². The summed E-state index contributed by atoms with van der Waals surface area (Å²) in [5.41, 5.74) is -6.56. The fraction of sp³-hybridized carbons (Fsp3) is 0. The summed E-state index contributed by atoms with van der Waals surface area (Å²) in [7, 11) is -31.4. The molecule has 59 heteroatoms. The van der Waals surface area contributed by atoms with Gasteiger partial charge in [-0.3, -0.25) is 34.7 Å². The van der Waals surface area contributed by atoms with Crippen molar-refractivity contribution in [1.29, 1.82) is 0 Å². The monoisotopic (exact) mass is 1980 g/mol. The number of azo groups is 2. The van der Waals surface area contributed by atoms with E-state index in [1.165, 1.54) is 84.9 Å². The molecule has 0 spiro atoms. The number of halogens is 2. The summed E-state index contributed by atoms with van der Waals surface area (Å²) in [5.74, 6) is -5.92. The molecular formula is C68H37Cl2CrN16Na6O28S6. The third-order valence-electron chi connectivity index (χ3n) is 16.0. The van der Waals surface area contributed by atoms with Crippen molar-refractivity contribution in [2.75, 3.05) is 10.6 Å². The smallest absolute Gasteiger partial charge is 0.871 e. The largest absolute Gasteiger partial charge is 3.00 e. The van der Waals surface area contributed by atoms with Crippen LogP contribution < -0.4 is 220 Å². The zero-order valence-electron chi connectivity index (χ0n) is 64.9. The van der Waals surface area contributed by atoms with E-state index in [1.54, 1.807) is 0 Å². The van der Waals surface area contributed by atoms with E-state index >= 15 is 0 Å². The van der Waals surface area contributed by atoms with Crippen LogP contribution in [0.1, 0.15) is 43.0 Å². The predicted octanol–water partition coefficient (Wildman–Crippen LogP) is -11.2. The third kappa shape index (κ3) is 28.8. The molecule has 12 rings (SSSR count). The van der Waals surface area contributed by atoms with Crippen LogP contribution in [0.4, 0.5) is 68.8 Å². The number of carboxylic acid groups (broad SMARTS) is 2. The summed E-state index contributed by atoms with van der Waals surface area (Å²) in [6.45, 7) is 0. The molecule has 44 nitrogen and oxygen atoms in total. The molecular weight excluding hydrogens is 1940 g/mol. The van der Waals surface area contributed by atoms with Gasteiger partial charge in [-0.2, -0.15) is 28.4 Å². The van der Waals surface area contributed by atoms with Gasteiger partial charge in [0.1, 0.15) is 55.5 Å². The first-order valence-corrected chi connectivity index (χ1v) is 41.3. The minimum absolute atomic E-state index is 0. The van der Waals surface area contributed by atoms with Crippen molar-refractivity contribution < 1.29 is 312 Å². The van der Waals surface area contributed by atoms with E-state index in [1.807, 2.05) is 0 Å². The van der Waals surface area contributed by atoms with Gasteiger partial charge in [-0.15, -0.1) is 20.5 Å². The molecule has 0 bridgehead atoms. The molecule has 2 heterocycles. The number of nitrogens with zero attached hydrogens (tertiary/aromatic N) is 12. The number of nitrogens with one attached hydrogen (secondary N) is 4. The molecule has 2 aromatic heterocycles. The van der Waals surface area contributed by atoms with Gasteiger partial charge in [0.25, 0.3) is 21.5 Å². The maximum absolute atomic E-state index is 13.4. The Morgan fingerprint density at radius 2 is 0.756 bits per heavy atom.